The van der Waals surface area contributed by atoms with Gasteiger partial charge in [0.15, 0.2) is 0 Å². The zero-order valence-corrected chi connectivity index (χ0v) is 21.8. The first kappa shape index (κ1) is 30.6. The first-order valence-electron chi connectivity index (χ1n) is 13.1. The number of amides is 1. The molecule has 0 aliphatic rings. The summed E-state index contributed by atoms with van der Waals surface area (Å²) in [5.74, 6) is -0.145. The van der Waals surface area contributed by atoms with E-state index in [1.807, 2.05) is 30.3 Å². The minimum atomic E-state index is -5.08. The van der Waals surface area contributed by atoms with Crippen LogP contribution in [-0.4, -0.2) is 18.6 Å². The van der Waals surface area contributed by atoms with Crippen LogP contribution in [0.1, 0.15) is 102 Å². The maximum atomic E-state index is 12.3. The molecule has 0 aliphatic carbocycles. The van der Waals surface area contributed by atoms with Crippen LogP contribution >= 0.6 is 7.82 Å². The fourth-order valence-corrected chi connectivity index (χ4v) is 4.25. The topological polar surface area (TPSA) is 102 Å². The Morgan fingerprint density at radius 3 is 2.06 bits per heavy atom. The third kappa shape index (κ3) is 18.9. The Labute approximate surface area is 206 Å². The van der Waals surface area contributed by atoms with Gasteiger partial charge < -0.3 is 24.2 Å². The molecule has 0 spiro atoms. The van der Waals surface area contributed by atoms with Crippen molar-refractivity contribution in [3.8, 4) is 0 Å². The Morgan fingerprint density at radius 1 is 0.912 bits per heavy atom. The summed E-state index contributed by atoms with van der Waals surface area (Å²) in [5, 5.41) is 2.82. The van der Waals surface area contributed by atoms with E-state index in [0.717, 1.165) is 37.7 Å². The molecule has 1 rings (SSSR count). The zero-order chi connectivity index (χ0) is 24.9. The Morgan fingerprint density at radius 2 is 1.47 bits per heavy atom. The van der Waals surface area contributed by atoms with Crippen LogP contribution in [0, 0.1) is 0 Å². The summed E-state index contributed by atoms with van der Waals surface area (Å²) in [5.41, 5.74) is 0.934. The summed E-state index contributed by atoms with van der Waals surface area (Å²) >= 11 is 0. The number of nitrogens with one attached hydrogen (secondary N) is 1. The van der Waals surface area contributed by atoms with Crippen molar-refractivity contribution < 1.29 is 23.7 Å². The van der Waals surface area contributed by atoms with E-state index in [0.29, 0.717) is 12.8 Å². The fraction of sp³-hybridized carbons (Fsp3) is 0.667. The molecule has 1 atom stereocenters. The number of benzene rings is 1. The highest BCUT2D eigenvalue weighted by molar-refractivity contribution is 7.43. The van der Waals surface area contributed by atoms with Crippen molar-refractivity contribution in [1.82, 2.24) is 5.32 Å². The first-order chi connectivity index (χ1) is 16.4. The minimum absolute atomic E-state index is 0.145. The Bertz CT molecular complexity index is 704. The summed E-state index contributed by atoms with van der Waals surface area (Å²) in [6.45, 7) is 1.90. The summed E-state index contributed by atoms with van der Waals surface area (Å²) in [6, 6.07) is 8.82. The number of phosphoric ester groups is 1. The Kier molecular flexibility index (Phi) is 17.8. The molecule has 1 aromatic carbocycles. The van der Waals surface area contributed by atoms with Crippen molar-refractivity contribution in [2.24, 2.45) is 0 Å². The maximum absolute atomic E-state index is 12.3. The van der Waals surface area contributed by atoms with Crippen LogP contribution in [0.4, 0.5) is 0 Å². The van der Waals surface area contributed by atoms with Gasteiger partial charge in [-0.25, -0.2) is 0 Å². The van der Waals surface area contributed by atoms with Crippen molar-refractivity contribution in [3.63, 3.8) is 0 Å². The lowest BCUT2D eigenvalue weighted by molar-refractivity contribution is -0.342. The van der Waals surface area contributed by atoms with E-state index in [1.54, 1.807) is 0 Å². The summed E-state index contributed by atoms with van der Waals surface area (Å²) < 4.78 is 15.3. The minimum Gasteiger partial charge on any atom is -0.790 e. The van der Waals surface area contributed by atoms with Crippen LogP contribution in [0.2, 0.25) is 0 Å². The zero-order valence-electron chi connectivity index (χ0n) is 20.9. The lowest BCUT2D eigenvalue weighted by Crippen LogP contribution is -2.40. The number of allylic oxidation sites excluding steroid dienone is 2. The van der Waals surface area contributed by atoms with Crippen molar-refractivity contribution in [2.45, 2.75) is 109 Å². The van der Waals surface area contributed by atoms with E-state index in [9.17, 15) is 19.1 Å². The molecular formula is C27H44NO5P-2. The molecule has 0 saturated carbocycles. The van der Waals surface area contributed by atoms with E-state index >= 15 is 0 Å². The average Bonchev–Trinajstić information content (AvgIpc) is 2.80. The molecule has 0 aliphatic heterocycles. The molecule has 0 saturated heterocycles. The number of hydrogen-bond donors (Lipinski definition) is 1. The average molecular weight is 494 g/mol. The van der Waals surface area contributed by atoms with Crippen LogP contribution in [0.15, 0.2) is 42.5 Å². The highest BCUT2D eigenvalue weighted by Crippen LogP contribution is 2.25. The van der Waals surface area contributed by atoms with Crippen LogP contribution < -0.4 is 15.1 Å². The number of carbonyl (C=O) groups is 1. The predicted octanol–water partition coefficient (Wildman–Crippen LogP) is 5.60. The van der Waals surface area contributed by atoms with Gasteiger partial charge >= 0.3 is 0 Å². The molecule has 6 nitrogen and oxygen atoms in total. The highest BCUT2D eigenvalue weighted by atomic mass is 31.2. The van der Waals surface area contributed by atoms with E-state index in [1.165, 1.54) is 51.4 Å². The summed E-state index contributed by atoms with van der Waals surface area (Å²) in [7, 11) is -5.08. The van der Waals surface area contributed by atoms with E-state index in [4.69, 9.17) is 0 Å². The SMILES string of the molecule is CCCCCCCC/C=C\CCCCCCCC(=O)N[C@H](COP(=O)([O-])[O-])Cc1ccccc1. The van der Waals surface area contributed by atoms with Gasteiger partial charge in [0, 0.05) is 6.42 Å². The predicted molar refractivity (Wildman–Crippen MR) is 135 cm³/mol. The van der Waals surface area contributed by atoms with Crippen LogP contribution in [-0.2, 0) is 20.3 Å². The third-order valence-corrected chi connectivity index (χ3v) is 6.25. The van der Waals surface area contributed by atoms with Crippen molar-refractivity contribution >= 4 is 13.7 Å². The molecule has 1 N–H and O–H groups in total. The standard InChI is InChI=1S/C27H46NO5P/c1-2-3-4-5-6-7-8-9-10-11-12-13-14-15-19-22-27(29)28-26(24-33-34(30,31)32)23-25-20-17-16-18-21-25/h9-10,16-18,20-21,26H,2-8,11-15,19,22-24H2,1H3,(H,28,29)(H2,30,31,32)/p-2/b10-9-/t26-/m0/s1. The Balaban J connectivity index is 2.11. The molecule has 0 heterocycles. The molecule has 0 unspecified atom stereocenters. The van der Waals surface area contributed by atoms with Gasteiger partial charge in [-0.05, 0) is 44.1 Å². The van der Waals surface area contributed by atoms with Gasteiger partial charge in [-0.3, -0.25) is 4.79 Å². The number of rotatable bonds is 21. The van der Waals surface area contributed by atoms with Gasteiger partial charge in [0.25, 0.3) is 0 Å². The maximum Gasteiger partial charge on any atom is 0.220 e. The second-order valence-electron chi connectivity index (χ2n) is 9.03. The molecule has 1 aromatic rings. The molecule has 1 amide bonds. The van der Waals surface area contributed by atoms with Crippen molar-refractivity contribution in [1.29, 1.82) is 0 Å². The normalized spacial score (nSPS) is 12.8. The molecule has 0 radical (unpaired) electrons. The van der Waals surface area contributed by atoms with Gasteiger partial charge in [-0.1, -0.05) is 101 Å². The van der Waals surface area contributed by atoms with Crippen molar-refractivity contribution in [3.05, 3.63) is 48.0 Å². The van der Waals surface area contributed by atoms with E-state index < -0.39 is 13.9 Å². The molecular weight excluding hydrogens is 449 g/mol. The number of hydrogen-bond acceptors (Lipinski definition) is 5. The fourth-order valence-electron chi connectivity index (χ4n) is 3.89. The molecule has 34 heavy (non-hydrogen) atoms. The van der Waals surface area contributed by atoms with Crippen LogP contribution in [0.5, 0.6) is 0 Å². The molecule has 7 heteroatoms. The molecule has 0 fully saturated rings. The van der Waals surface area contributed by atoms with Gasteiger partial charge in [-0.2, -0.15) is 0 Å². The number of phosphoric acid groups is 1. The lowest BCUT2D eigenvalue weighted by Gasteiger charge is -2.31. The van der Waals surface area contributed by atoms with Gasteiger partial charge in [0.1, 0.15) is 0 Å². The molecule has 0 bridgehead atoms. The largest absolute Gasteiger partial charge is 0.790 e. The number of unbranched alkanes of at least 4 members (excludes halogenated alkanes) is 11. The summed E-state index contributed by atoms with van der Waals surface area (Å²) in [6.07, 6.45) is 21.0. The third-order valence-electron chi connectivity index (χ3n) is 5.79. The summed E-state index contributed by atoms with van der Waals surface area (Å²) in [4.78, 5) is 34.0. The van der Waals surface area contributed by atoms with E-state index in [2.05, 4.69) is 28.9 Å². The van der Waals surface area contributed by atoms with E-state index in [-0.39, 0.29) is 12.5 Å². The highest BCUT2D eigenvalue weighted by Gasteiger charge is 2.14. The second-order valence-corrected chi connectivity index (χ2v) is 10.2. The monoisotopic (exact) mass is 493 g/mol. The van der Waals surface area contributed by atoms with Gasteiger partial charge in [0.05, 0.1) is 20.5 Å². The van der Waals surface area contributed by atoms with Crippen LogP contribution in [0.25, 0.3) is 0 Å². The second kappa shape index (κ2) is 19.8. The van der Waals surface area contributed by atoms with Crippen molar-refractivity contribution in [2.75, 3.05) is 6.61 Å². The van der Waals surface area contributed by atoms with Gasteiger partial charge in [0.2, 0.25) is 5.91 Å². The Hall–Kier alpha value is -1.46. The lowest BCUT2D eigenvalue weighted by atomic mass is 10.1. The molecule has 0 aromatic heterocycles. The van der Waals surface area contributed by atoms with Crippen LogP contribution in [0.3, 0.4) is 0 Å². The smallest absolute Gasteiger partial charge is 0.220 e. The quantitative estimate of drug-likeness (QED) is 0.136. The van der Waals surface area contributed by atoms with Gasteiger partial charge in [-0.15, -0.1) is 0 Å². The molecule has 194 valence electrons. The number of carbonyl (C=O) groups excluding carboxylic acids is 1. The first-order valence-corrected chi connectivity index (χ1v) is 14.5.